The summed E-state index contributed by atoms with van der Waals surface area (Å²) in [7, 11) is 1.66. The second-order valence-electron chi connectivity index (χ2n) is 4.63. The van der Waals surface area contributed by atoms with Crippen molar-refractivity contribution in [3.63, 3.8) is 0 Å². The first-order chi connectivity index (χ1) is 9.04. The third-order valence-corrected chi connectivity index (χ3v) is 2.89. The second-order valence-corrected chi connectivity index (χ2v) is 4.63. The summed E-state index contributed by atoms with van der Waals surface area (Å²) in [5.41, 5.74) is 2.13. The van der Waals surface area contributed by atoms with Crippen LogP contribution in [-0.2, 0) is 24.7 Å². The quantitative estimate of drug-likeness (QED) is 0.867. The summed E-state index contributed by atoms with van der Waals surface area (Å²) in [6.45, 7) is 1.99. The number of carbonyl (C=O) groups is 1. The van der Waals surface area contributed by atoms with Gasteiger partial charge in [0.15, 0.2) is 5.82 Å². The molecule has 0 bridgehead atoms. The van der Waals surface area contributed by atoms with Gasteiger partial charge in [-0.1, -0.05) is 29.8 Å². The Hall–Kier alpha value is -2.24. The maximum atomic E-state index is 11.3. The largest absolute Gasteiger partial charge is 0.481 e. The molecular weight excluding hydrogens is 244 g/mol. The minimum absolute atomic E-state index is 0.289. The molecule has 1 heterocycles. The predicted octanol–water partition coefficient (Wildman–Crippen LogP) is 1.00. The number of benzene rings is 1. The minimum Gasteiger partial charge on any atom is -0.481 e. The van der Waals surface area contributed by atoms with Crippen LogP contribution in [0.4, 0.5) is 0 Å². The molecule has 0 saturated carbocycles. The van der Waals surface area contributed by atoms with Gasteiger partial charge < -0.3 is 5.11 Å². The van der Waals surface area contributed by atoms with E-state index in [1.54, 1.807) is 7.05 Å². The first-order valence-corrected chi connectivity index (χ1v) is 6.06. The number of aromatic nitrogens is 4. The van der Waals surface area contributed by atoms with Gasteiger partial charge in [-0.05, 0) is 24.1 Å². The van der Waals surface area contributed by atoms with Crippen molar-refractivity contribution in [1.29, 1.82) is 0 Å². The van der Waals surface area contributed by atoms with Crippen LogP contribution in [0.15, 0.2) is 24.3 Å². The summed E-state index contributed by atoms with van der Waals surface area (Å²) in [6, 6.07) is 7.86. The minimum atomic E-state index is -0.839. The molecule has 6 nitrogen and oxygen atoms in total. The standard InChI is InChI=1S/C13H16N4O2/c1-9-4-3-5-10(6-9)7-11(13(18)19)8-12-14-16-17(2)15-12/h3-6,11H,7-8H2,1-2H3,(H,18,19). The summed E-state index contributed by atoms with van der Waals surface area (Å²) < 4.78 is 0. The molecule has 2 aromatic rings. The van der Waals surface area contributed by atoms with Crippen molar-refractivity contribution >= 4 is 5.97 Å². The van der Waals surface area contributed by atoms with E-state index in [-0.39, 0.29) is 6.42 Å². The van der Waals surface area contributed by atoms with Crippen molar-refractivity contribution in [3.05, 3.63) is 41.2 Å². The van der Waals surface area contributed by atoms with Crippen LogP contribution < -0.4 is 0 Å². The molecule has 0 saturated heterocycles. The summed E-state index contributed by atoms with van der Waals surface area (Å²) in [4.78, 5) is 12.7. The van der Waals surface area contributed by atoms with Crippen molar-refractivity contribution in [1.82, 2.24) is 20.2 Å². The van der Waals surface area contributed by atoms with Crippen molar-refractivity contribution < 1.29 is 9.90 Å². The predicted molar refractivity (Wildman–Crippen MR) is 68.5 cm³/mol. The maximum absolute atomic E-state index is 11.3. The molecule has 0 aliphatic carbocycles. The van der Waals surface area contributed by atoms with Gasteiger partial charge in [0.25, 0.3) is 0 Å². The van der Waals surface area contributed by atoms with Crippen LogP contribution >= 0.6 is 0 Å². The first-order valence-electron chi connectivity index (χ1n) is 6.06. The molecule has 100 valence electrons. The van der Waals surface area contributed by atoms with Crippen LogP contribution in [0.25, 0.3) is 0 Å². The van der Waals surface area contributed by atoms with Crippen molar-refractivity contribution in [2.75, 3.05) is 0 Å². The Kier molecular flexibility index (Phi) is 3.89. The van der Waals surface area contributed by atoms with Gasteiger partial charge in [0.2, 0.25) is 0 Å². The number of hydrogen-bond acceptors (Lipinski definition) is 4. The summed E-state index contributed by atoms with van der Waals surface area (Å²) in [5, 5.41) is 20.9. The number of hydrogen-bond donors (Lipinski definition) is 1. The monoisotopic (exact) mass is 260 g/mol. The van der Waals surface area contributed by atoms with Gasteiger partial charge in [0.05, 0.1) is 13.0 Å². The number of aliphatic carboxylic acids is 1. The zero-order valence-corrected chi connectivity index (χ0v) is 10.9. The lowest BCUT2D eigenvalue weighted by Crippen LogP contribution is -2.20. The molecule has 1 N–H and O–H groups in total. The molecule has 0 spiro atoms. The lowest BCUT2D eigenvalue weighted by atomic mass is 9.95. The Morgan fingerprint density at radius 2 is 2.21 bits per heavy atom. The number of carboxylic acids is 1. The van der Waals surface area contributed by atoms with Gasteiger partial charge in [0, 0.05) is 6.42 Å². The van der Waals surface area contributed by atoms with Crippen molar-refractivity contribution in [3.8, 4) is 0 Å². The summed E-state index contributed by atoms with van der Waals surface area (Å²) in [5.74, 6) is -0.914. The van der Waals surface area contributed by atoms with Crippen LogP contribution in [0.1, 0.15) is 17.0 Å². The smallest absolute Gasteiger partial charge is 0.307 e. The van der Waals surface area contributed by atoms with Crippen LogP contribution in [0.2, 0.25) is 0 Å². The van der Waals surface area contributed by atoms with Crippen LogP contribution in [-0.4, -0.2) is 31.3 Å². The number of tetrazole rings is 1. The van der Waals surface area contributed by atoms with Crippen molar-refractivity contribution in [2.45, 2.75) is 19.8 Å². The van der Waals surface area contributed by atoms with E-state index in [1.807, 2.05) is 31.2 Å². The van der Waals surface area contributed by atoms with Crippen LogP contribution in [0.5, 0.6) is 0 Å². The van der Waals surface area contributed by atoms with Gasteiger partial charge >= 0.3 is 5.97 Å². The highest BCUT2D eigenvalue weighted by Gasteiger charge is 2.21. The van der Waals surface area contributed by atoms with E-state index in [9.17, 15) is 9.90 Å². The molecule has 1 unspecified atom stereocenters. The Balaban J connectivity index is 2.10. The molecule has 1 aromatic carbocycles. The molecular formula is C13H16N4O2. The molecule has 0 radical (unpaired) electrons. The zero-order valence-electron chi connectivity index (χ0n) is 10.9. The average Bonchev–Trinajstić information content (AvgIpc) is 2.74. The van der Waals surface area contributed by atoms with Gasteiger partial charge in [-0.25, -0.2) is 0 Å². The molecule has 19 heavy (non-hydrogen) atoms. The summed E-state index contributed by atoms with van der Waals surface area (Å²) >= 11 is 0. The molecule has 1 aromatic heterocycles. The number of nitrogens with zero attached hydrogens (tertiary/aromatic N) is 4. The molecule has 2 rings (SSSR count). The van der Waals surface area contributed by atoms with Gasteiger partial charge in [-0.2, -0.15) is 4.80 Å². The molecule has 1 atom stereocenters. The fourth-order valence-electron chi connectivity index (χ4n) is 2.00. The molecule has 0 aliphatic heterocycles. The topological polar surface area (TPSA) is 80.9 Å². The third kappa shape index (κ3) is 3.61. The number of aryl methyl sites for hydroxylation is 2. The SMILES string of the molecule is Cc1cccc(CC(Cc2nnn(C)n2)C(=O)O)c1. The fraction of sp³-hybridized carbons (Fsp3) is 0.385. The fourth-order valence-corrected chi connectivity index (χ4v) is 2.00. The van der Waals surface area contributed by atoms with E-state index in [0.717, 1.165) is 11.1 Å². The highest BCUT2D eigenvalue weighted by molar-refractivity contribution is 5.70. The lowest BCUT2D eigenvalue weighted by molar-refractivity contribution is -0.141. The van der Waals surface area contributed by atoms with E-state index in [0.29, 0.717) is 12.2 Å². The average molecular weight is 260 g/mol. The van der Waals surface area contributed by atoms with Gasteiger partial charge in [-0.3, -0.25) is 4.79 Å². The van der Waals surface area contributed by atoms with Crippen LogP contribution in [0, 0.1) is 12.8 Å². The Bertz CT molecular complexity index is 580. The third-order valence-electron chi connectivity index (χ3n) is 2.89. The van der Waals surface area contributed by atoms with E-state index >= 15 is 0 Å². The van der Waals surface area contributed by atoms with Gasteiger partial charge in [0.1, 0.15) is 0 Å². The van der Waals surface area contributed by atoms with Crippen LogP contribution in [0.3, 0.4) is 0 Å². The summed E-state index contributed by atoms with van der Waals surface area (Å²) in [6.07, 6.45) is 0.756. The second kappa shape index (κ2) is 5.60. The molecule has 6 heteroatoms. The normalized spacial score (nSPS) is 12.3. The Labute approximate surface area is 111 Å². The van der Waals surface area contributed by atoms with E-state index < -0.39 is 11.9 Å². The lowest BCUT2D eigenvalue weighted by Gasteiger charge is -2.10. The molecule has 0 amide bonds. The molecule has 0 fully saturated rings. The highest BCUT2D eigenvalue weighted by Crippen LogP contribution is 2.14. The van der Waals surface area contributed by atoms with Gasteiger partial charge in [-0.15, -0.1) is 10.2 Å². The zero-order chi connectivity index (χ0) is 13.8. The van der Waals surface area contributed by atoms with E-state index in [2.05, 4.69) is 15.4 Å². The van der Waals surface area contributed by atoms with E-state index in [4.69, 9.17) is 0 Å². The molecule has 0 aliphatic rings. The number of rotatable bonds is 5. The number of carboxylic acid groups (broad SMARTS) is 1. The highest BCUT2D eigenvalue weighted by atomic mass is 16.4. The first kappa shape index (κ1) is 13.2. The van der Waals surface area contributed by atoms with E-state index in [1.165, 1.54) is 4.80 Å². The Morgan fingerprint density at radius 1 is 1.42 bits per heavy atom. The Morgan fingerprint density at radius 3 is 2.79 bits per heavy atom. The maximum Gasteiger partial charge on any atom is 0.307 e. The van der Waals surface area contributed by atoms with Crippen molar-refractivity contribution in [2.24, 2.45) is 13.0 Å².